The minimum Gasteiger partial charge on any atom is -0.253 e. The average Bonchev–Trinajstić information content (AvgIpc) is 2.47. The summed E-state index contributed by atoms with van der Waals surface area (Å²) < 4.78 is 23.7. The Bertz CT molecular complexity index is 411. The average molecular weight is 237 g/mol. The molecule has 0 aliphatic heterocycles. The number of aryl methyl sites for hydroxylation is 2. The fourth-order valence-corrected chi connectivity index (χ4v) is 2.32. The van der Waals surface area contributed by atoms with Gasteiger partial charge in [-0.2, -0.15) is 5.10 Å². The highest BCUT2D eigenvalue weighted by Gasteiger charge is 2.17. The summed E-state index contributed by atoms with van der Waals surface area (Å²) in [5.74, 6) is 0. The molecule has 0 bridgehead atoms. The quantitative estimate of drug-likeness (QED) is 0.749. The third-order valence-electron chi connectivity index (χ3n) is 1.85. The standard InChI is InChI=1S/C8H13ClN2O2S/c1-3-5-7-6-8(14(9,12)13)11(4-2)10-7/h6H,3-5H2,1-2H3. The Kier molecular flexibility index (Phi) is 3.55. The van der Waals surface area contributed by atoms with Gasteiger partial charge in [-0.15, -0.1) is 0 Å². The second-order valence-electron chi connectivity index (χ2n) is 2.98. The lowest BCUT2D eigenvalue weighted by molar-refractivity contribution is 0.560. The number of halogens is 1. The highest BCUT2D eigenvalue weighted by molar-refractivity contribution is 8.13. The van der Waals surface area contributed by atoms with Crippen LogP contribution in [0, 0.1) is 0 Å². The Balaban J connectivity index is 3.16. The highest BCUT2D eigenvalue weighted by Crippen LogP contribution is 2.17. The van der Waals surface area contributed by atoms with Crippen LogP contribution >= 0.6 is 10.7 Å². The van der Waals surface area contributed by atoms with E-state index in [1.165, 1.54) is 10.7 Å². The highest BCUT2D eigenvalue weighted by atomic mass is 35.7. The molecule has 0 saturated heterocycles. The summed E-state index contributed by atoms with van der Waals surface area (Å²) in [7, 11) is 1.60. The first-order valence-corrected chi connectivity index (χ1v) is 6.81. The monoisotopic (exact) mass is 236 g/mol. The number of rotatable bonds is 4. The van der Waals surface area contributed by atoms with Gasteiger partial charge in [0.25, 0.3) is 9.05 Å². The van der Waals surface area contributed by atoms with Crippen LogP contribution in [0.3, 0.4) is 0 Å². The van der Waals surface area contributed by atoms with Gasteiger partial charge >= 0.3 is 0 Å². The molecule has 0 aliphatic carbocycles. The predicted molar refractivity (Wildman–Crippen MR) is 54.9 cm³/mol. The van der Waals surface area contributed by atoms with Gasteiger partial charge in [0, 0.05) is 17.2 Å². The molecule has 0 spiro atoms. The van der Waals surface area contributed by atoms with Gasteiger partial charge in [-0.25, -0.2) is 8.42 Å². The van der Waals surface area contributed by atoms with Crippen LogP contribution in [0.5, 0.6) is 0 Å². The van der Waals surface area contributed by atoms with Gasteiger partial charge in [-0.1, -0.05) is 13.3 Å². The second-order valence-corrected chi connectivity index (χ2v) is 5.49. The molecule has 0 atom stereocenters. The molecular weight excluding hydrogens is 224 g/mol. The molecule has 0 saturated carbocycles. The number of hydrogen-bond donors (Lipinski definition) is 0. The zero-order valence-electron chi connectivity index (χ0n) is 8.20. The number of aromatic nitrogens is 2. The Morgan fingerprint density at radius 1 is 1.50 bits per heavy atom. The molecule has 0 radical (unpaired) electrons. The molecule has 6 heteroatoms. The summed E-state index contributed by atoms with van der Waals surface area (Å²) in [4.78, 5) is 0. The largest absolute Gasteiger partial charge is 0.278 e. The summed E-state index contributed by atoms with van der Waals surface area (Å²) in [6, 6.07) is 1.54. The third kappa shape index (κ3) is 2.48. The molecule has 0 amide bonds. The number of nitrogens with zero attached hydrogens (tertiary/aromatic N) is 2. The van der Waals surface area contributed by atoms with Gasteiger partial charge < -0.3 is 0 Å². The van der Waals surface area contributed by atoms with Crippen molar-refractivity contribution in [1.29, 1.82) is 0 Å². The molecule has 4 nitrogen and oxygen atoms in total. The fourth-order valence-electron chi connectivity index (χ4n) is 1.25. The molecule has 1 aromatic rings. The van der Waals surface area contributed by atoms with E-state index in [0.717, 1.165) is 18.5 Å². The van der Waals surface area contributed by atoms with Crippen LogP contribution in [-0.4, -0.2) is 18.2 Å². The molecule has 1 aromatic heterocycles. The molecule has 0 unspecified atom stereocenters. The summed E-state index contributed by atoms with van der Waals surface area (Å²) in [6.07, 6.45) is 1.70. The molecule has 1 heterocycles. The van der Waals surface area contributed by atoms with E-state index < -0.39 is 9.05 Å². The zero-order chi connectivity index (χ0) is 10.8. The summed E-state index contributed by atoms with van der Waals surface area (Å²) in [6.45, 7) is 4.35. The van der Waals surface area contributed by atoms with E-state index in [0.29, 0.717) is 6.54 Å². The molecule has 14 heavy (non-hydrogen) atoms. The first-order chi connectivity index (χ1) is 6.49. The van der Waals surface area contributed by atoms with E-state index in [4.69, 9.17) is 10.7 Å². The van der Waals surface area contributed by atoms with E-state index >= 15 is 0 Å². The molecular formula is C8H13ClN2O2S. The van der Waals surface area contributed by atoms with Crippen LogP contribution in [0.1, 0.15) is 26.0 Å². The van der Waals surface area contributed by atoms with E-state index in [-0.39, 0.29) is 5.03 Å². The molecule has 0 aromatic carbocycles. The lowest BCUT2D eigenvalue weighted by Crippen LogP contribution is -2.04. The normalized spacial score (nSPS) is 11.9. The van der Waals surface area contributed by atoms with Crippen molar-refractivity contribution in [3.05, 3.63) is 11.8 Å². The van der Waals surface area contributed by atoms with Crippen LogP contribution in [0.4, 0.5) is 0 Å². The lowest BCUT2D eigenvalue weighted by Gasteiger charge is -1.98. The second kappa shape index (κ2) is 4.31. The first kappa shape index (κ1) is 11.5. The Morgan fingerprint density at radius 2 is 2.14 bits per heavy atom. The van der Waals surface area contributed by atoms with Crippen LogP contribution in [0.25, 0.3) is 0 Å². The van der Waals surface area contributed by atoms with Crippen molar-refractivity contribution in [3.8, 4) is 0 Å². The van der Waals surface area contributed by atoms with Gasteiger partial charge in [0.2, 0.25) is 0 Å². The molecule has 0 fully saturated rings. The van der Waals surface area contributed by atoms with Crippen LogP contribution in [0.2, 0.25) is 0 Å². The smallest absolute Gasteiger partial charge is 0.253 e. The Hall–Kier alpha value is -0.550. The molecule has 1 rings (SSSR count). The van der Waals surface area contributed by atoms with Gasteiger partial charge in [-0.3, -0.25) is 4.68 Å². The third-order valence-corrected chi connectivity index (χ3v) is 3.15. The van der Waals surface area contributed by atoms with Crippen molar-refractivity contribution in [2.45, 2.75) is 38.3 Å². The SMILES string of the molecule is CCCc1cc(S(=O)(=O)Cl)n(CC)n1. The molecule has 0 aliphatic rings. The Morgan fingerprint density at radius 3 is 2.50 bits per heavy atom. The van der Waals surface area contributed by atoms with Crippen molar-refractivity contribution in [1.82, 2.24) is 9.78 Å². The van der Waals surface area contributed by atoms with Crippen LogP contribution in [-0.2, 0) is 22.0 Å². The van der Waals surface area contributed by atoms with E-state index in [1.54, 1.807) is 0 Å². The zero-order valence-corrected chi connectivity index (χ0v) is 9.77. The van der Waals surface area contributed by atoms with Gasteiger partial charge in [0.05, 0.1) is 5.69 Å². The van der Waals surface area contributed by atoms with E-state index in [2.05, 4.69) is 5.10 Å². The summed E-state index contributed by atoms with van der Waals surface area (Å²) in [5.41, 5.74) is 0.772. The minimum atomic E-state index is -3.67. The summed E-state index contributed by atoms with van der Waals surface area (Å²) in [5, 5.41) is 4.23. The predicted octanol–water partition coefficient (Wildman–Crippen LogP) is 1.78. The fraction of sp³-hybridized carbons (Fsp3) is 0.625. The Labute approximate surface area is 88.3 Å². The number of hydrogen-bond acceptors (Lipinski definition) is 3. The molecule has 0 N–H and O–H groups in total. The maximum Gasteiger partial charge on any atom is 0.278 e. The van der Waals surface area contributed by atoms with Crippen molar-refractivity contribution in [3.63, 3.8) is 0 Å². The summed E-state index contributed by atoms with van der Waals surface area (Å²) >= 11 is 0. The van der Waals surface area contributed by atoms with Crippen LogP contribution < -0.4 is 0 Å². The van der Waals surface area contributed by atoms with Crippen LogP contribution in [0.15, 0.2) is 11.1 Å². The van der Waals surface area contributed by atoms with E-state index in [1.807, 2.05) is 13.8 Å². The maximum atomic E-state index is 11.1. The maximum absolute atomic E-state index is 11.1. The van der Waals surface area contributed by atoms with Crippen molar-refractivity contribution in [2.75, 3.05) is 0 Å². The molecule has 80 valence electrons. The minimum absolute atomic E-state index is 0.0881. The first-order valence-electron chi connectivity index (χ1n) is 4.50. The van der Waals surface area contributed by atoms with Gasteiger partial charge in [0.1, 0.15) is 0 Å². The van der Waals surface area contributed by atoms with Crippen molar-refractivity contribution < 1.29 is 8.42 Å². The van der Waals surface area contributed by atoms with Gasteiger partial charge in [-0.05, 0) is 19.4 Å². The topological polar surface area (TPSA) is 52.0 Å². The van der Waals surface area contributed by atoms with Crippen molar-refractivity contribution in [2.24, 2.45) is 0 Å². The van der Waals surface area contributed by atoms with Crippen molar-refractivity contribution >= 4 is 19.7 Å². The van der Waals surface area contributed by atoms with E-state index in [9.17, 15) is 8.42 Å². The lowest BCUT2D eigenvalue weighted by atomic mass is 10.3. The van der Waals surface area contributed by atoms with Gasteiger partial charge in [0.15, 0.2) is 5.03 Å².